The number of hydrogen-bond acceptors (Lipinski definition) is 4. The quantitative estimate of drug-likeness (QED) is 0.355. The summed E-state index contributed by atoms with van der Waals surface area (Å²) in [5.74, 6) is -0.491. The molecule has 4 aromatic rings. The van der Waals surface area contributed by atoms with Gasteiger partial charge in [0.15, 0.2) is 10.6 Å². The first kappa shape index (κ1) is 18.5. The summed E-state index contributed by atoms with van der Waals surface area (Å²) in [6, 6.07) is 20.4. The van der Waals surface area contributed by atoms with Crippen molar-refractivity contribution < 1.29 is 9.59 Å². The maximum absolute atomic E-state index is 12.7. The number of anilines is 1. The first-order chi connectivity index (χ1) is 14.0. The normalized spacial score (nSPS) is 10.6. The van der Waals surface area contributed by atoms with E-state index in [0.717, 1.165) is 0 Å². The highest BCUT2D eigenvalue weighted by Gasteiger charge is 2.12. The van der Waals surface area contributed by atoms with Gasteiger partial charge >= 0.3 is 0 Å². The maximum Gasteiger partial charge on any atom is 0.259 e. The van der Waals surface area contributed by atoms with Crippen molar-refractivity contribution in [1.82, 2.24) is 9.97 Å². The van der Waals surface area contributed by atoms with Crippen molar-refractivity contribution in [3.8, 4) is 0 Å². The third kappa shape index (κ3) is 3.90. The molecule has 6 nitrogen and oxygen atoms in total. The van der Waals surface area contributed by atoms with E-state index in [1.165, 1.54) is 0 Å². The van der Waals surface area contributed by atoms with Crippen LogP contribution in [0.1, 0.15) is 26.3 Å². The second-order valence-corrected chi connectivity index (χ2v) is 6.81. The van der Waals surface area contributed by atoms with Gasteiger partial charge in [0, 0.05) is 22.4 Å². The average Bonchev–Trinajstić information content (AvgIpc) is 2.73. The molecule has 0 atom stereocenters. The lowest BCUT2D eigenvalue weighted by Gasteiger charge is -2.08. The van der Waals surface area contributed by atoms with Gasteiger partial charge in [-0.15, -0.1) is 0 Å². The predicted octanol–water partition coefficient (Wildman–Crippen LogP) is 4.07. The lowest BCUT2D eigenvalue weighted by atomic mass is 10.0. The van der Waals surface area contributed by atoms with Crippen molar-refractivity contribution in [2.75, 3.05) is 5.32 Å². The summed E-state index contributed by atoms with van der Waals surface area (Å²) in [5.41, 5.74) is 2.06. The van der Waals surface area contributed by atoms with E-state index in [2.05, 4.69) is 15.3 Å². The predicted molar refractivity (Wildman–Crippen MR) is 114 cm³/mol. The van der Waals surface area contributed by atoms with Crippen LogP contribution in [0.4, 0.5) is 5.69 Å². The molecule has 0 unspecified atom stereocenters. The number of amides is 1. The second-order valence-electron chi connectivity index (χ2n) is 6.40. The summed E-state index contributed by atoms with van der Waals surface area (Å²) < 4.78 is 0.187. The minimum atomic E-state index is -0.365. The van der Waals surface area contributed by atoms with Crippen molar-refractivity contribution >= 4 is 40.5 Å². The highest BCUT2D eigenvalue weighted by molar-refractivity contribution is 7.71. The zero-order chi connectivity index (χ0) is 20.4. The molecule has 0 spiro atoms. The number of carbonyl (C=O) groups excluding carboxylic acids is 2. The first-order valence-electron chi connectivity index (χ1n) is 8.79. The number of fused-ring (bicyclic) bond motifs is 1. The van der Waals surface area contributed by atoms with Crippen LogP contribution >= 0.6 is 12.2 Å². The summed E-state index contributed by atoms with van der Waals surface area (Å²) in [4.78, 5) is 42.5. The molecular formula is C22H15N3O3S. The van der Waals surface area contributed by atoms with Crippen LogP contribution in [0.2, 0.25) is 0 Å². The summed E-state index contributed by atoms with van der Waals surface area (Å²) >= 11 is 4.98. The number of nitrogens with one attached hydrogen (secondary N) is 3. The van der Waals surface area contributed by atoms with Crippen LogP contribution < -0.4 is 10.9 Å². The van der Waals surface area contributed by atoms with Crippen LogP contribution in [0.5, 0.6) is 0 Å². The van der Waals surface area contributed by atoms with E-state index in [1.54, 1.807) is 66.7 Å². The molecular weight excluding hydrogens is 386 g/mol. The Morgan fingerprint density at radius 2 is 1.55 bits per heavy atom. The van der Waals surface area contributed by atoms with Crippen molar-refractivity contribution in [1.29, 1.82) is 0 Å². The Morgan fingerprint density at radius 3 is 2.34 bits per heavy atom. The smallest absolute Gasteiger partial charge is 0.259 e. The number of benzene rings is 3. The highest BCUT2D eigenvalue weighted by Crippen LogP contribution is 2.17. The summed E-state index contributed by atoms with van der Waals surface area (Å²) in [6.07, 6.45) is 0. The van der Waals surface area contributed by atoms with Crippen molar-refractivity contribution in [3.05, 3.63) is 105 Å². The van der Waals surface area contributed by atoms with Gasteiger partial charge in [-0.3, -0.25) is 19.4 Å². The SMILES string of the molecule is O=C(Nc1cccc(C(=O)c2ccccc2)c1)c1ccc2c(=O)[nH]c(=S)[nH]c2c1. The van der Waals surface area contributed by atoms with Crippen LogP contribution in [-0.4, -0.2) is 21.7 Å². The minimum Gasteiger partial charge on any atom is -0.332 e. The molecule has 0 aliphatic heterocycles. The number of rotatable bonds is 4. The van der Waals surface area contributed by atoms with Gasteiger partial charge in [-0.2, -0.15) is 0 Å². The molecule has 0 fully saturated rings. The number of aromatic amines is 2. The molecule has 1 amide bonds. The zero-order valence-corrected chi connectivity index (χ0v) is 15.9. The highest BCUT2D eigenvalue weighted by atomic mass is 32.1. The van der Waals surface area contributed by atoms with Crippen LogP contribution in [-0.2, 0) is 0 Å². The fourth-order valence-electron chi connectivity index (χ4n) is 3.01. The summed E-state index contributed by atoms with van der Waals surface area (Å²) in [6.45, 7) is 0. The second kappa shape index (κ2) is 7.65. The van der Waals surface area contributed by atoms with E-state index in [9.17, 15) is 14.4 Å². The number of carbonyl (C=O) groups is 2. The average molecular weight is 401 g/mol. The monoisotopic (exact) mass is 401 g/mol. The molecule has 142 valence electrons. The molecule has 0 saturated heterocycles. The van der Waals surface area contributed by atoms with Crippen LogP contribution in [0.15, 0.2) is 77.6 Å². The Balaban J connectivity index is 1.60. The van der Waals surface area contributed by atoms with Crippen LogP contribution in [0.25, 0.3) is 10.9 Å². The van der Waals surface area contributed by atoms with Crippen molar-refractivity contribution in [2.45, 2.75) is 0 Å². The van der Waals surface area contributed by atoms with E-state index < -0.39 is 0 Å². The standard InChI is InChI=1S/C22H15N3O3S/c26-19(13-5-2-1-3-6-13)14-7-4-8-16(11-14)23-20(27)15-9-10-17-18(12-15)24-22(29)25-21(17)28/h1-12H,(H,23,27)(H2,24,25,28,29). The molecule has 3 aromatic carbocycles. The molecule has 0 aliphatic carbocycles. The molecule has 1 aromatic heterocycles. The largest absolute Gasteiger partial charge is 0.332 e. The Hall–Kier alpha value is -3.84. The molecule has 3 N–H and O–H groups in total. The minimum absolute atomic E-state index is 0.126. The summed E-state index contributed by atoms with van der Waals surface area (Å²) in [7, 11) is 0. The van der Waals surface area contributed by atoms with Crippen LogP contribution in [0.3, 0.4) is 0 Å². The van der Waals surface area contributed by atoms with E-state index in [4.69, 9.17) is 12.2 Å². The molecule has 0 bridgehead atoms. The molecule has 7 heteroatoms. The van der Waals surface area contributed by atoms with Gasteiger partial charge in [-0.25, -0.2) is 0 Å². The zero-order valence-electron chi connectivity index (χ0n) is 15.1. The number of aromatic nitrogens is 2. The van der Waals surface area contributed by atoms with Gasteiger partial charge < -0.3 is 10.3 Å². The van der Waals surface area contributed by atoms with Gasteiger partial charge in [-0.05, 0) is 42.5 Å². The van der Waals surface area contributed by atoms with E-state index in [0.29, 0.717) is 33.3 Å². The molecule has 0 aliphatic rings. The number of ketones is 1. The third-order valence-electron chi connectivity index (χ3n) is 4.42. The molecule has 4 rings (SSSR count). The Morgan fingerprint density at radius 1 is 0.793 bits per heavy atom. The molecule has 0 saturated carbocycles. The first-order valence-corrected chi connectivity index (χ1v) is 9.19. The maximum atomic E-state index is 12.7. The van der Waals surface area contributed by atoms with Gasteiger partial charge in [0.05, 0.1) is 10.9 Å². The number of hydrogen-bond donors (Lipinski definition) is 3. The van der Waals surface area contributed by atoms with E-state index in [1.807, 2.05) is 6.07 Å². The van der Waals surface area contributed by atoms with E-state index in [-0.39, 0.29) is 22.0 Å². The Kier molecular flexibility index (Phi) is 4.88. The lowest BCUT2D eigenvalue weighted by Crippen LogP contribution is -2.14. The van der Waals surface area contributed by atoms with Gasteiger partial charge in [0.2, 0.25) is 0 Å². The third-order valence-corrected chi connectivity index (χ3v) is 4.62. The van der Waals surface area contributed by atoms with Gasteiger partial charge in [-0.1, -0.05) is 42.5 Å². The van der Waals surface area contributed by atoms with Crippen molar-refractivity contribution in [3.63, 3.8) is 0 Å². The Bertz CT molecular complexity index is 1360. The summed E-state index contributed by atoms with van der Waals surface area (Å²) in [5, 5.41) is 3.19. The molecule has 0 radical (unpaired) electrons. The molecule has 29 heavy (non-hydrogen) atoms. The lowest BCUT2D eigenvalue weighted by molar-refractivity contribution is 0.102. The fourth-order valence-corrected chi connectivity index (χ4v) is 3.21. The fraction of sp³-hybridized carbons (Fsp3) is 0. The molecule has 1 heterocycles. The topological polar surface area (TPSA) is 94.8 Å². The number of H-pyrrole nitrogens is 2. The van der Waals surface area contributed by atoms with Gasteiger partial charge in [0.1, 0.15) is 0 Å². The van der Waals surface area contributed by atoms with Gasteiger partial charge in [0.25, 0.3) is 11.5 Å². The van der Waals surface area contributed by atoms with E-state index >= 15 is 0 Å². The van der Waals surface area contributed by atoms with Crippen LogP contribution in [0, 0.1) is 4.77 Å². The van der Waals surface area contributed by atoms with Crippen molar-refractivity contribution in [2.24, 2.45) is 0 Å². The Labute approximate surface area is 170 Å².